The number of hydrogen-bond acceptors (Lipinski definition) is 5. The number of carbonyl (C=O) groups excluding carboxylic acids is 1. The van der Waals surface area contributed by atoms with Gasteiger partial charge in [-0.15, -0.1) is 13.2 Å². The molecule has 0 atom stereocenters. The van der Waals surface area contributed by atoms with Crippen molar-refractivity contribution >= 4 is 17.6 Å². The van der Waals surface area contributed by atoms with Crippen LogP contribution in [0, 0.1) is 5.92 Å². The first-order valence-electron chi connectivity index (χ1n) is 11.5. The van der Waals surface area contributed by atoms with Crippen molar-refractivity contribution < 1.29 is 32.4 Å². The normalized spacial score (nSPS) is 15.3. The molecule has 0 saturated carbocycles. The van der Waals surface area contributed by atoms with Crippen LogP contribution in [0.3, 0.4) is 0 Å². The number of anilines is 1. The summed E-state index contributed by atoms with van der Waals surface area (Å²) in [5.41, 5.74) is 1.31. The molecule has 0 unspecified atom stereocenters. The molecule has 8 nitrogen and oxygen atoms in total. The zero-order chi connectivity index (χ0) is 25.2. The monoisotopic (exact) mass is 492 g/mol. The summed E-state index contributed by atoms with van der Waals surface area (Å²) in [6.07, 6.45) is -1.65. The fourth-order valence-electron chi connectivity index (χ4n) is 3.97. The maximum absolute atomic E-state index is 12.6. The highest BCUT2D eigenvalue weighted by Gasteiger charge is 2.31. The van der Waals surface area contributed by atoms with E-state index in [4.69, 9.17) is 4.74 Å². The van der Waals surface area contributed by atoms with Gasteiger partial charge in [-0.1, -0.05) is 21.7 Å². The van der Waals surface area contributed by atoms with Gasteiger partial charge >= 0.3 is 18.1 Å². The van der Waals surface area contributed by atoms with Crippen LogP contribution in [-0.4, -0.2) is 52.2 Å². The van der Waals surface area contributed by atoms with Crippen molar-refractivity contribution in [2.24, 2.45) is 5.92 Å². The summed E-state index contributed by atoms with van der Waals surface area (Å²) in [5.74, 6) is 0.718. The molecule has 1 saturated heterocycles. The highest BCUT2D eigenvalue weighted by molar-refractivity contribution is 5.68. The molecule has 1 aliphatic rings. The van der Waals surface area contributed by atoms with Crippen LogP contribution in [0.25, 0.3) is 16.9 Å². The molecule has 3 heterocycles. The Morgan fingerprint density at radius 3 is 2.60 bits per heavy atom. The van der Waals surface area contributed by atoms with Gasteiger partial charge in [-0.05, 0) is 57.7 Å². The number of nitrogens with one attached hydrogen (secondary N) is 2. The molecule has 35 heavy (non-hydrogen) atoms. The van der Waals surface area contributed by atoms with Gasteiger partial charge in [-0.2, -0.15) is 0 Å². The van der Waals surface area contributed by atoms with Crippen LogP contribution in [0.5, 0.6) is 5.75 Å². The minimum absolute atomic E-state index is 0.280. The molecule has 0 spiro atoms. The van der Waals surface area contributed by atoms with E-state index in [9.17, 15) is 18.0 Å². The molecule has 3 aromatic rings. The number of likely N-dealkylation sites (tertiary alicyclic amines) is 1. The first-order chi connectivity index (χ1) is 16.5. The van der Waals surface area contributed by atoms with Crippen LogP contribution in [0.4, 0.5) is 23.8 Å². The lowest BCUT2D eigenvalue weighted by atomic mass is 9.97. The first kappa shape index (κ1) is 24.6. The summed E-state index contributed by atoms with van der Waals surface area (Å²) in [4.78, 5) is 17.1. The number of ether oxygens (including phenoxy) is 2. The van der Waals surface area contributed by atoms with E-state index in [2.05, 4.69) is 20.1 Å². The van der Waals surface area contributed by atoms with Gasteiger partial charge in [0.1, 0.15) is 17.5 Å². The molecule has 188 valence electrons. The second-order valence-electron chi connectivity index (χ2n) is 9.56. The van der Waals surface area contributed by atoms with Gasteiger partial charge in [0, 0.05) is 31.3 Å². The number of imidazole rings is 1. The fourth-order valence-corrected chi connectivity index (χ4v) is 3.97. The quantitative estimate of drug-likeness (QED) is 0.555. The van der Waals surface area contributed by atoms with Gasteiger partial charge < -0.3 is 19.7 Å². The summed E-state index contributed by atoms with van der Waals surface area (Å²) in [6.45, 7) is 7.53. The number of piperidine rings is 1. The molecule has 0 radical (unpaired) electrons. The highest BCUT2D eigenvalue weighted by Crippen LogP contribution is 2.28. The predicted octanol–water partition coefficient (Wildman–Crippen LogP) is 4.77. The first-order valence-corrected chi connectivity index (χ1v) is 11.5. The van der Waals surface area contributed by atoms with Gasteiger partial charge in [0.05, 0.1) is 0 Å². The van der Waals surface area contributed by atoms with E-state index in [-0.39, 0.29) is 11.8 Å². The van der Waals surface area contributed by atoms with Gasteiger partial charge in [0.2, 0.25) is 5.69 Å². The Labute approximate surface area is 201 Å². The molecule has 0 aliphatic carbocycles. The number of benzene rings is 1. The number of hydrogen-bond donors (Lipinski definition) is 1. The number of amides is 1. The average molecular weight is 493 g/mol. The van der Waals surface area contributed by atoms with Gasteiger partial charge in [-0.25, -0.2) is 9.78 Å². The summed E-state index contributed by atoms with van der Waals surface area (Å²) in [6, 6.07) is 9.46. The standard InChI is InChI=1S/C24H28F3N5O3/c1-23(2,3)35-22(33)31-11-9-16(10-12-31)14-28-20-7-8-21-29-15-19(32(21)30-20)17-5-4-6-18(13-17)34-24(25,26)27/h4-8,13,15-16H,9-12,14H2,1-3H3,(H,28,30)/p+1. The van der Waals surface area contributed by atoms with E-state index in [1.807, 2.05) is 32.9 Å². The van der Waals surface area contributed by atoms with Crippen molar-refractivity contribution in [3.8, 4) is 17.0 Å². The number of aromatic amines is 1. The number of halogens is 3. The minimum atomic E-state index is -4.76. The SMILES string of the molecule is CC(C)(C)OC(=O)N1CCC(CNc2ccc3[nH+]cc(-c4cccc(OC(F)(F)F)c4)n3n2)CC1. The van der Waals surface area contributed by atoms with Crippen molar-refractivity contribution in [3.63, 3.8) is 0 Å². The number of nitrogens with zero attached hydrogens (tertiary/aromatic N) is 3. The number of rotatable bonds is 5. The highest BCUT2D eigenvalue weighted by atomic mass is 19.4. The molecule has 1 amide bonds. The van der Waals surface area contributed by atoms with Crippen molar-refractivity contribution in [1.29, 1.82) is 0 Å². The Hall–Kier alpha value is -3.50. The van der Waals surface area contributed by atoms with Crippen LogP contribution in [0.15, 0.2) is 42.6 Å². The summed E-state index contributed by atoms with van der Waals surface area (Å²) < 4.78 is 48.9. The largest absolute Gasteiger partial charge is 0.573 e. The zero-order valence-corrected chi connectivity index (χ0v) is 19.9. The molecule has 2 aromatic heterocycles. The Kier molecular flexibility index (Phi) is 6.77. The molecule has 11 heteroatoms. The van der Waals surface area contributed by atoms with E-state index >= 15 is 0 Å². The van der Waals surface area contributed by atoms with Crippen LogP contribution < -0.4 is 15.0 Å². The molecule has 2 N–H and O–H groups in total. The van der Waals surface area contributed by atoms with Crippen LogP contribution in [0.2, 0.25) is 0 Å². The second-order valence-corrected chi connectivity index (χ2v) is 9.56. The maximum Gasteiger partial charge on any atom is 0.573 e. The molecule has 4 rings (SSSR count). The predicted molar refractivity (Wildman–Crippen MR) is 123 cm³/mol. The van der Waals surface area contributed by atoms with E-state index < -0.39 is 12.0 Å². The lowest BCUT2D eigenvalue weighted by Gasteiger charge is -2.33. The number of aromatic nitrogens is 3. The van der Waals surface area contributed by atoms with Crippen LogP contribution in [-0.2, 0) is 4.74 Å². The lowest BCUT2D eigenvalue weighted by molar-refractivity contribution is -0.343. The van der Waals surface area contributed by atoms with Gasteiger partial charge in [0.15, 0.2) is 5.82 Å². The Balaban J connectivity index is 1.39. The number of carbonyl (C=O) groups is 1. The van der Waals surface area contributed by atoms with E-state index in [0.29, 0.717) is 48.3 Å². The van der Waals surface area contributed by atoms with Crippen LogP contribution >= 0.6 is 0 Å². The minimum Gasteiger partial charge on any atom is -0.444 e. The maximum atomic E-state index is 12.6. The van der Waals surface area contributed by atoms with Crippen molar-refractivity contribution in [3.05, 3.63) is 42.6 Å². The number of H-pyrrole nitrogens is 1. The van der Waals surface area contributed by atoms with Crippen molar-refractivity contribution in [1.82, 2.24) is 14.5 Å². The second kappa shape index (κ2) is 9.63. The Bertz CT molecular complexity index is 1180. The van der Waals surface area contributed by atoms with Crippen molar-refractivity contribution in [2.75, 3.05) is 25.0 Å². The van der Waals surface area contributed by atoms with Crippen molar-refractivity contribution in [2.45, 2.75) is 45.6 Å². The van der Waals surface area contributed by atoms with E-state index in [1.165, 1.54) is 18.2 Å². The third-order valence-corrected chi connectivity index (χ3v) is 5.62. The number of fused-ring (bicyclic) bond motifs is 1. The molecule has 1 aromatic carbocycles. The van der Waals surface area contributed by atoms with E-state index in [0.717, 1.165) is 12.8 Å². The Morgan fingerprint density at radius 2 is 1.91 bits per heavy atom. The summed E-state index contributed by atoms with van der Waals surface area (Å²) in [7, 11) is 0. The van der Waals surface area contributed by atoms with Crippen LogP contribution in [0.1, 0.15) is 33.6 Å². The Morgan fingerprint density at radius 1 is 1.17 bits per heavy atom. The summed E-state index contributed by atoms with van der Waals surface area (Å²) >= 11 is 0. The third kappa shape index (κ3) is 6.55. The van der Waals surface area contributed by atoms with E-state index in [1.54, 1.807) is 21.7 Å². The molecular formula is C24H29F3N5O3+. The van der Waals surface area contributed by atoms with Gasteiger partial charge in [-0.3, -0.25) is 0 Å². The summed E-state index contributed by atoms with van der Waals surface area (Å²) in [5, 5.41) is 7.96. The van der Waals surface area contributed by atoms with Gasteiger partial charge in [0.25, 0.3) is 0 Å². The zero-order valence-electron chi connectivity index (χ0n) is 19.9. The fraction of sp³-hybridized carbons (Fsp3) is 0.458. The lowest BCUT2D eigenvalue weighted by Crippen LogP contribution is -2.42. The third-order valence-electron chi connectivity index (χ3n) is 5.62. The topological polar surface area (TPSA) is 82.2 Å². The average Bonchev–Trinajstić information content (AvgIpc) is 3.19. The number of alkyl halides is 3. The smallest absolute Gasteiger partial charge is 0.444 e. The molecular weight excluding hydrogens is 463 g/mol. The molecule has 1 aliphatic heterocycles. The molecule has 0 bridgehead atoms. The molecule has 1 fully saturated rings.